The van der Waals surface area contributed by atoms with Crippen LogP contribution >= 0.6 is 0 Å². The Hall–Kier alpha value is -1.40. The van der Waals surface area contributed by atoms with Gasteiger partial charge in [-0.1, -0.05) is 13.8 Å². The molecule has 5 N–H and O–H groups in total. The highest BCUT2D eigenvalue weighted by atomic mass is 16.3. The largest absolute Gasteiger partial charge is 0.392 e. The summed E-state index contributed by atoms with van der Waals surface area (Å²) >= 11 is 0. The van der Waals surface area contributed by atoms with Crippen LogP contribution in [0.5, 0.6) is 0 Å². The van der Waals surface area contributed by atoms with Crippen LogP contribution in [0.25, 0.3) is 0 Å². The summed E-state index contributed by atoms with van der Waals surface area (Å²) in [7, 11) is 0. The first-order valence-corrected chi connectivity index (χ1v) is 5.28. The Labute approximate surface area is 94.3 Å². The molecule has 1 aliphatic rings. The lowest BCUT2D eigenvalue weighted by Crippen LogP contribution is -2.57. The van der Waals surface area contributed by atoms with E-state index in [1.807, 2.05) is 13.8 Å². The number of nitrogen functional groups attached to an aromatic ring is 1. The minimum Gasteiger partial charge on any atom is -0.392 e. The second-order valence-corrected chi connectivity index (χ2v) is 4.68. The van der Waals surface area contributed by atoms with Crippen LogP contribution in [0.2, 0.25) is 0 Å². The molecule has 0 radical (unpaired) electrons. The van der Waals surface area contributed by atoms with Crippen LogP contribution in [0.15, 0.2) is 12.3 Å². The van der Waals surface area contributed by atoms with Crippen molar-refractivity contribution in [2.45, 2.75) is 32.4 Å². The maximum atomic E-state index is 9.62. The van der Waals surface area contributed by atoms with Gasteiger partial charge in [0.1, 0.15) is 5.82 Å². The van der Waals surface area contributed by atoms with Gasteiger partial charge in [-0.05, 0) is 12.5 Å². The first kappa shape index (κ1) is 11.1. The molecule has 16 heavy (non-hydrogen) atoms. The van der Waals surface area contributed by atoms with Crippen LogP contribution in [0.1, 0.15) is 20.3 Å². The van der Waals surface area contributed by atoms with Crippen molar-refractivity contribution < 1.29 is 5.11 Å². The first-order valence-electron chi connectivity index (χ1n) is 5.28. The summed E-state index contributed by atoms with van der Waals surface area (Å²) < 4.78 is 0. The molecule has 2 atom stereocenters. The fraction of sp³-hybridized carbons (Fsp3) is 0.600. The fourth-order valence-electron chi connectivity index (χ4n) is 1.83. The molecule has 2 unspecified atom stereocenters. The maximum absolute atomic E-state index is 9.62. The van der Waals surface area contributed by atoms with E-state index in [2.05, 4.69) is 20.7 Å². The molecule has 0 saturated heterocycles. The van der Waals surface area contributed by atoms with Gasteiger partial charge in [0.2, 0.25) is 5.95 Å². The van der Waals surface area contributed by atoms with Crippen LogP contribution in [-0.4, -0.2) is 27.2 Å². The number of nitrogens with one attached hydrogen (secondary N) is 2. The molecule has 1 fully saturated rings. The predicted octanol–water partition coefficient (Wildman–Crippen LogP) is 0.333. The molecule has 0 aliphatic heterocycles. The Morgan fingerprint density at radius 1 is 1.56 bits per heavy atom. The number of aliphatic hydroxyl groups excluding tert-OH is 1. The Balaban J connectivity index is 2.05. The predicted molar refractivity (Wildman–Crippen MR) is 61.7 cm³/mol. The molecule has 6 heteroatoms. The van der Waals surface area contributed by atoms with Crippen LogP contribution in [0.4, 0.5) is 11.8 Å². The molecule has 6 nitrogen and oxygen atoms in total. The second-order valence-electron chi connectivity index (χ2n) is 4.68. The van der Waals surface area contributed by atoms with Crippen molar-refractivity contribution in [1.29, 1.82) is 0 Å². The van der Waals surface area contributed by atoms with Gasteiger partial charge in [0, 0.05) is 17.7 Å². The smallest absolute Gasteiger partial charge is 0.239 e. The summed E-state index contributed by atoms with van der Waals surface area (Å²) in [6, 6.07) is 2.00. The summed E-state index contributed by atoms with van der Waals surface area (Å²) in [6.07, 6.45) is 2.12. The van der Waals surface area contributed by atoms with Gasteiger partial charge in [-0.2, -0.15) is 4.98 Å². The van der Waals surface area contributed by atoms with Gasteiger partial charge < -0.3 is 10.4 Å². The molecule has 1 aromatic rings. The van der Waals surface area contributed by atoms with E-state index in [1.165, 1.54) is 0 Å². The van der Waals surface area contributed by atoms with E-state index in [-0.39, 0.29) is 17.6 Å². The molecule has 1 aliphatic carbocycles. The van der Waals surface area contributed by atoms with Crippen LogP contribution in [-0.2, 0) is 0 Å². The standard InChI is InChI=1S/C10H17N5O/c1-10(2)6(5-7(10)16)13-8-3-4-12-9(14-8)15-11/h3-4,6-7,16H,5,11H2,1-2H3,(H2,12,13,14,15). The zero-order valence-corrected chi connectivity index (χ0v) is 9.44. The molecule has 0 bridgehead atoms. The molecule has 2 rings (SSSR count). The highest BCUT2D eigenvalue weighted by molar-refractivity contribution is 5.41. The molecule has 1 heterocycles. The van der Waals surface area contributed by atoms with Gasteiger partial charge in [0.25, 0.3) is 0 Å². The lowest BCUT2D eigenvalue weighted by Gasteiger charge is -2.49. The van der Waals surface area contributed by atoms with E-state index >= 15 is 0 Å². The lowest BCUT2D eigenvalue weighted by molar-refractivity contribution is -0.0511. The quantitative estimate of drug-likeness (QED) is 0.436. The van der Waals surface area contributed by atoms with Gasteiger partial charge in [-0.3, -0.25) is 5.43 Å². The molecule has 1 saturated carbocycles. The highest BCUT2D eigenvalue weighted by Gasteiger charge is 2.47. The number of nitrogens with zero attached hydrogens (tertiary/aromatic N) is 2. The molecule has 88 valence electrons. The number of hydrogen-bond donors (Lipinski definition) is 4. The number of aliphatic hydroxyl groups is 1. The number of anilines is 2. The molecule has 0 spiro atoms. The Morgan fingerprint density at radius 3 is 2.88 bits per heavy atom. The fourth-order valence-corrected chi connectivity index (χ4v) is 1.83. The van der Waals surface area contributed by atoms with Crippen molar-refractivity contribution in [2.75, 3.05) is 10.7 Å². The van der Waals surface area contributed by atoms with Crippen molar-refractivity contribution in [3.63, 3.8) is 0 Å². The second kappa shape index (κ2) is 3.88. The normalized spacial score (nSPS) is 27.0. The summed E-state index contributed by atoms with van der Waals surface area (Å²) in [5.41, 5.74) is 2.27. The zero-order chi connectivity index (χ0) is 11.8. The monoisotopic (exact) mass is 223 g/mol. The van der Waals surface area contributed by atoms with E-state index in [1.54, 1.807) is 12.3 Å². The molecule has 0 aromatic carbocycles. The third kappa shape index (κ3) is 1.81. The van der Waals surface area contributed by atoms with Gasteiger partial charge in [-0.25, -0.2) is 10.8 Å². The van der Waals surface area contributed by atoms with E-state index in [9.17, 15) is 5.11 Å². The Morgan fingerprint density at radius 2 is 2.31 bits per heavy atom. The molecule has 0 amide bonds. The van der Waals surface area contributed by atoms with E-state index in [0.717, 1.165) is 6.42 Å². The Kier molecular flexibility index (Phi) is 2.69. The van der Waals surface area contributed by atoms with Gasteiger partial charge in [0.15, 0.2) is 0 Å². The minimum atomic E-state index is -0.251. The molecular weight excluding hydrogens is 206 g/mol. The van der Waals surface area contributed by atoms with Crippen molar-refractivity contribution in [3.05, 3.63) is 12.3 Å². The van der Waals surface area contributed by atoms with Gasteiger partial charge in [-0.15, -0.1) is 0 Å². The molecule has 1 aromatic heterocycles. The SMILES string of the molecule is CC1(C)C(O)CC1Nc1ccnc(NN)n1. The van der Waals surface area contributed by atoms with Crippen LogP contribution in [0, 0.1) is 5.41 Å². The van der Waals surface area contributed by atoms with E-state index < -0.39 is 0 Å². The highest BCUT2D eigenvalue weighted by Crippen LogP contribution is 2.41. The van der Waals surface area contributed by atoms with Crippen molar-refractivity contribution in [1.82, 2.24) is 9.97 Å². The average Bonchev–Trinajstić information content (AvgIpc) is 2.29. The number of aromatic nitrogens is 2. The zero-order valence-electron chi connectivity index (χ0n) is 9.44. The summed E-state index contributed by atoms with van der Waals surface area (Å²) in [5, 5.41) is 12.9. The Bertz CT molecular complexity index is 381. The van der Waals surface area contributed by atoms with Crippen LogP contribution in [0.3, 0.4) is 0 Å². The topological polar surface area (TPSA) is 96.1 Å². The lowest BCUT2D eigenvalue weighted by atomic mass is 9.64. The van der Waals surface area contributed by atoms with Crippen molar-refractivity contribution >= 4 is 11.8 Å². The number of hydrogen-bond acceptors (Lipinski definition) is 6. The third-order valence-corrected chi connectivity index (χ3v) is 3.32. The first-order chi connectivity index (χ1) is 7.54. The van der Waals surface area contributed by atoms with E-state index in [0.29, 0.717) is 11.8 Å². The summed E-state index contributed by atoms with van der Waals surface area (Å²) in [4.78, 5) is 8.09. The van der Waals surface area contributed by atoms with Crippen LogP contribution < -0.4 is 16.6 Å². The van der Waals surface area contributed by atoms with Crippen molar-refractivity contribution in [2.24, 2.45) is 11.3 Å². The maximum Gasteiger partial charge on any atom is 0.239 e. The third-order valence-electron chi connectivity index (χ3n) is 3.32. The summed E-state index contributed by atoms with van der Waals surface area (Å²) in [5.74, 6) is 6.32. The number of nitrogens with two attached hydrogens (primary N) is 1. The molecular formula is C10H17N5O. The van der Waals surface area contributed by atoms with Crippen molar-refractivity contribution in [3.8, 4) is 0 Å². The average molecular weight is 223 g/mol. The van der Waals surface area contributed by atoms with Gasteiger partial charge in [0.05, 0.1) is 6.10 Å². The van der Waals surface area contributed by atoms with Gasteiger partial charge >= 0.3 is 0 Å². The van der Waals surface area contributed by atoms with E-state index in [4.69, 9.17) is 5.84 Å². The number of rotatable bonds is 3. The minimum absolute atomic E-state index is 0.124. The number of hydrazine groups is 1. The summed E-state index contributed by atoms with van der Waals surface area (Å²) in [6.45, 7) is 4.06.